The maximum Gasteiger partial charge on any atom is 0.269 e. The van der Waals surface area contributed by atoms with Crippen molar-refractivity contribution >= 4 is 32.8 Å². The number of nitrogens with zero attached hydrogens (tertiary/aromatic N) is 4. The lowest BCUT2D eigenvalue weighted by atomic mass is 9.63. The molecule has 3 heterocycles. The summed E-state index contributed by atoms with van der Waals surface area (Å²) in [6.07, 6.45) is 8.92. The third kappa shape index (κ3) is 9.66. The third-order valence-corrected chi connectivity index (χ3v) is 16.5. The van der Waals surface area contributed by atoms with Crippen molar-refractivity contribution < 1.29 is 14.8 Å². The van der Waals surface area contributed by atoms with E-state index in [1.165, 1.54) is 38.9 Å². The van der Waals surface area contributed by atoms with Gasteiger partial charge in [0.25, 0.3) is 6.33 Å². The minimum atomic E-state index is -0.295. The van der Waals surface area contributed by atoms with Gasteiger partial charge in [-0.1, -0.05) is 204 Å². The molecule has 0 unspecified atom stereocenters. The highest BCUT2D eigenvalue weighted by Crippen LogP contribution is 2.48. The summed E-state index contributed by atoms with van der Waals surface area (Å²) >= 11 is 0. The molecular formula is C74H74N4O. The van der Waals surface area contributed by atoms with Crippen molar-refractivity contribution in [1.29, 1.82) is 0 Å². The summed E-state index contributed by atoms with van der Waals surface area (Å²) < 4.78 is 48.8. The third-order valence-electron chi connectivity index (χ3n) is 16.5. The Balaban J connectivity index is 1.06. The Hall–Kier alpha value is -8.02. The minimum Gasteiger partial charge on any atom is -0.458 e. The maximum absolute atomic E-state index is 9.18. The van der Waals surface area contributed by atoms with E-state index in [1.807, 2.05) is 53.1 Å². The number of aromatic nitrogens is 4. The molecule has 0 N–H and O–H groups in total. The molecule has 8 aromatic carbocycles. The zero-order valence-electron chi connectivity index (χ0n) is 52.0. The summed E-state index contributed by atoms with van der Waals surface area (Å²) in [7, 11) is 0. The van der Waals surface area contributed by atoms with Crippen molar-refractivity contribution in [2.45, 2.75) is 124 Å². The molecule has 0 saturated heterocycles. The average Bonchev–Trinajstić information content (AvgIpc) is 3.61. The van der Waals surface area contributed by atoms with Crippen LogP contribution in [0, 0.1) is 12.2 Å². The molecule has 0 atom stereocenters. The molecule has 79 heavy (non-hydrogen) atoms. The zero-order valence-corrected chi connectivity index (χ0v) is 48.0. The van der Waals surface area contributed by atoms with E-state index >= 15 is 0 Å². The van der Waals surface area contributed by atoms with E-state index in [9.17, 15) is 1.37 Å². The van der Waals surface area contributed by atoms with Crippen LogP contribution in [-0.2, 0) is 28.1 Å². The molecule has 1 aliphatic rings. The van der Waals surface area contributed by atoms with E-state index in [4.69, 9.17) is 13.8 Å². The second kappa shape index (κ2) is 19.4. The summed E-state index contributed by atoms with van der Waals surface area (Å²) in [6.45, 7) is 27.6. The number of para-hydroxylation sites is 3. The second-order valence-electron chi connectivity index (χ2n) is 25.8. The first-order valence-electron chi connectivity index (χ1n) is 30.1. The van der Waals surface area contributed by atoms with Crippen molar-refractivity contribution in [3.63, 3.8) is 0 Å². The highest BCUT2D eigenvalue weighted by atomic mass is 16.5. The van der Waals surface area contributed by atoms with Crippen LogP contribution in [-0.4, -0.2) is 14.1 Å². The molecule has 0 aliphatic heterocycles. The number of imidazole rings is 1. The molecule has 5 nitrogen and oxygen atoms in total. The minimum absolute atomic E-state index is 0.00232. The van der Waals surface area contributed by atoms with Gasteiger partial charge in [-0.15, -0.1) is 0 Å². The fourth-order valence-corrected chi connectivity index (χ4v) is 12.0. The Morgan fingerprint density at radius 3 is 2.05 bits per heavy atom. The van der Waals surface area contributed by atoms with Crippen LogP contribution in [0.4, 0.5) is 0 Å². The van der Waals surface area contributed by atoms with Gasteiger partial charge < -0.3 is 4.74 Å². The molecule has 0 spiro atoms. The molecule has 3 aromatic heterocycles. The van der Waals surface area contributed by atoms with Gasteiger partial charge in [-0.3, -0.25) is 13.7 Å². The fourth-order valence-electron chi connectivity index (χ4n) is 12.0. The van der Waals surface area contributed by atoms with Gasteiger partial charge in [0.2, 0.25) is 0 Å². The highest BCUT2D eigenvalue weighted by Gasteiger charge is 2.37. The molecule has 0 fully saturated rings. The van der Waals surface area contributed by atoms with E-state index in [-0.39, 0.29) is 45.8 Å². The predicted molar refractivity (Wildman–Crippen MR) is 330 cm³/mol. The highest BCUT2D eigenvalue weighted by molar-refractivity contribution is 6.09. The number of benzene rings is 8. The molecule has 396 valence electrons. The van der Waals surface area contributed by atoms with Crippen molar-refractivity contribution in [1.82, 2.24) is 14.1 Å². The van der Waals surface area contributed by atoms with Crippen molar-refractivity contribution in [3.8, 4) is 62.1 Å². The Kier molecular flexibility index (Phi) is 11.6. The van der Waals surface area contributed by atoms with Gasteiger partial charge in [0, 0.05) is 23.0 Å². The van der Waals surface area contributed by atoms with Crippen molar-refractivity contribution in [2.24, 2.45) is 5.92 Å². The van der Waals surface area contributed by atoms with E-state index < -0.39 is 0 Å². The topological polar surface area (TPSA) is 35.9 Å². The average molecular weight is 1040 g/mol. The standard InChI is InChI=1S/C74H74N4O/c1-48(2)37-49-38-61(51-29-32-63-64(43-51)74(11,12)35-34-73(63,9)10)70(62(39-49)53-40-52(50-21-14-13-15-22-50)41-55(42-53)72(6,7)8)77-47-76(66-27-18-19-28-67(66)77)56-23-20-24-57(45-56)79-58-30-31-60-59-25-16-17-26-65(59)78(68(60)46-58)69-44-54(33-36-75-69)71(3,4)5/h13-33,36,38-46,48H,34-35,37H2,1-12H3/i16D,17D,25D,26D. The van der Waals surface area contributed by atoms with Crippen LogP contribution in [0.3, 0.4) is 0 Å². The summed E-state index contributed by atoms with van der Waals surface area (Å²) in [5.41, 5.74) is 18.1. The number of rotatable bonds is 10. The lowest BCUT2D eigenvalue weighted by Crippen LogP contribution is -2.34. The quantitative estimate of drug-likeness (QED) is 0.101. The number of hydrogen-bond acceptors (Lipinski definition) is 2. The van der Waals surface area contributed by atoms with Gasteiger partial charge >= 0.3 is 0 Å². The van der Waals surface area contributed by atoms with Crippen molar-refractivity contribution in [2.75, 3.05) is 0 Å². The molecular weight excluding hydrogens is 961 g/mol. The summed E-state index contributed by atoms with van der Waals surface area (Å²) in [5.74, 6) is 2.13. The first-order chi connectivity index (χ1) is 39.4. The van der Waals surface area contributed by atoms with Crippen LogP contribution in [0.2, 0.25) is 0 Å². The molecule has 12 rings (SSSR count). The van der Waals surface area contributed by atoms with E-state index in [1.54, 1.807) is 6.20 Å². The zero-order chi connectivity index (χ0) is 58.7. The molecule has 0 saturated carbocycles. The largest absolute Gasteiger partial charge is 0.458 e. The Bertz CT molecular complexity index is 4380. The van der Waals surface area contributed by atoms with Gasteiger partial charge in [0.05, 0.1) is 38.9 Å². The first-order valence-corrected chi connectivity index (χ1v) is 28.1. The number of pyridine rings is 1. The summed E-state index contributed by atoms with van der Waals surface area (Å²) in [4.78, 5) is 4.81. The molecule has 0 amide bonds. The Morgan fingerprint density at radius 1 is 0.595 bits per heavy atom. The lowest BCUT2D eigenvalue weighted by Gasteiger charge is -2.42. The summed E-state index contributed by atoms with van der Waals surface area (Å²) in [5, 5.41) is 1.11. The van der Waals surface area contributed by atoms with Gasteiger partial charge in [-0.2, -0.15) is 0 Å². The Morgan fingerprint density at radius 2 is 1.29 bits per heavy atom. The molecule has 5 heteroatoms. The Labute approximate surface area is 473 Å². The number of fused-ring (bicyclic) bond motifs is 5. The van der Waals surface area contributed by atoms with Gasteiger partial charge in [0.1, 0.15) is 17.3 Å². The maximum atomic E-state index is 9.18. The second-order valence-corrected chi connectivity index (χ2v) is 25.8. The van der Waals surface area contributed by atoms with Crippen LogP contribution in [0.5, 0.6) is 11.5 Å². The molecule has 0 bridgehead atoms. The van der Waals surface area contributed by atoms with Crippen LogP contribution < -0.4 is 9.30 Å². The predicted octanol–water partition coefficient (Wildman–Crippen LogP) is 19.1. The van der Waals surface area contributed by atoms with Crippen LogP contribution in [0.25, 0.3) is 83.4 Å². The van der Waals surface area contributed by atoms with E-state index in [0.717, 1.165) is 63.9 Å². The number of ether oxygens (including phenoxy) is 1. The van der Waals surface area contributed by atoms with Gasteiger partial charge in [-0.05, 0) is 163 Å². The number of hydrogen-bond donors (Lipinski definition) is 0. The first kappa shape index (κ1) is 47.0. The van der Waals surface area contributed by atoms with Crippen molar-refractivity contribution in [3.05, 3.63) is 222 Å². The fraction of sp³-hybridized carbons (Fsp3) is 0.270. The normalized spacial score (nSPS) is 15.1. The van der Waals surface area contributed by atoms with Gasteiger partial charge in [0.15, 0.2) is 0 Å². The van der Waals surface area contributed by atoms with Gasteiger partial charge in [-0.25, -0.2) is 4.98 Å². The monoisotopic (exact) mass is 1040 g/mol. The van der Waals surface area contributed by atoms with E-state index in [2.05, 4.69) is 208 Å². The van der Waals surface area contributed by atoms with E-state index in [0.29, 0.717) is 45.0 Å². The molecule has 11 aromatic rings. The van der Waals surface area contributed by atoms with Crippen LogP contribution in [0.1, 0.15) is 129 Å². The van der Waals surface area contributed by atoms with Crippen LogP contribution >= 0.6 is 0 Å². The molecule has 1 aliphatic carbocycles. The molecule has 0 radical (unpaired) electrons. The smallest absolute Gasteiger partial charge is 0.269 e. The summed E-state index contributed by atoms with van der Waals surface area (Å²) in [6, 6.07) is 55.7. The SMILES string of the molecule is [2H]c1c([2H])c([2H])c2c(c1[2H])c1ccc(Oc3cccc(-n4[c-][n+](-c5c(-c6cc(-c7ccccc7)cc(C(C)(C)C)c6)cc(CC(C)C)cc5-c5ccc6c(c5)C(C)(C)CCC6(C)C)c5ccccc54)c3)cc1n2-c1cc(C(C)(C)C)ccn1. The lowest BCUT2D eigenvalue weighted by molar-refractivity contribution is -0.571. The van der Waals surface area contributed by atoms with Crippen LogP contribution in [0.15, 0.2) is 188 Å².